The van der Waals surface area contributed by atoms with Crippen LogP contribution in [0.1, 0.15) is 22.8 Å². The molecule has 2 aromatic carbocycles. The Morgan fingerprint density at radius 3 is 2.26 bits per heavy atom. The van der Waals surface area contributed by atoms with Gasteiger partial charge < -0.3 is 9.47 Å². The minimum atomic E-state index is -3.64. The summed E-state index contributed by atoms with van der Waals surface area (Å²) in [4.78, 5) is 12.4. The molecule has 0 spiro atoms. The summed E-state index contributed by atoms with van der Waals surface area (Å²) in [5, 5.41) is 5.81. The molecule has 0 aliphatic rings. The average Bonchev–Trinajstić information content (AvgIpc) is 3.33. The summed E-state index contributed by atoms with van der Waals surface area (Å²) in [6, 6.07) is 14.6. The Morgan fingerprint density at radius 1 is 0.968 bits per heavy atom. The second-order valence-electron chi connectivity index (χ2n) is 6.32. The van der Waals surface area contributed by atoms with Crippen LogP contribution >= 0.6 is 11.3 Å². The lowest BCUT2D eigenvalue weighted by molar-refractivity contribution is 0.0955. The molecule has 10 heteroatoms. The zero-order valence-corrected chi connectivity index (χ0v) is 18.7. The van der Waals surface area contributed by atoms with Gasteiger partial charge in [-0.2, -0.15) is 5.10 Å². The number of ether oxygens (including phenoxy) is 2. The fraction of sp³-hybridized carbons (Fsp3) is 0.143. The van der Waals surface area contributed by atoms with Gasteiger partial charge in [0, 0.05) is 16.8 Å². The minimum Gasteiger partial charge on any atom is -0.493 e. The number of benzene rings is 2. The number of hydrazone groups is 1. The van der Waals surface area contributed by atoms with E-state index in [1.54, 1.807) is 50.8 Å². The minimum absolute atomic E-state index is 0.217. The normalized spacial score (nSPS) is 11.6. The van der Waals surface area contributed by atoms with E-state index in [1.165, 1.54) is 30.3 Å². The number of amides is 1. The number of rotatable bonds is 8. The van der Waals surface area contributed by atoms with Crippen LogP contribution in [-0.2, 0) is 10.0 Å². The number of methoxy groups -OCH3 is 2. The number of carbonyl (C=O) groups is 1. The fourth-order valence-corrected chi connectivity index (χ4v) is 4.69. The molecule has 0 bridgehead atoms. The van der Waals surface area contributed by atoms with Gasteiger partial charge in [0.05, 0.1) is 19.9 Å². The Kier molecular flexibility index (Phi) is 6.93. The fourth-order valence-electron chi connectivity index (χ4n) is 2.64. The lowest BCUT2D eigenvalue weighted by atomic mass is 10.1. The van der Waals surface area contributed by atoms with E-state index < -0.39 is 15.9 Å². The van der Waals surface area contributed by atoms with Crippen molar-refractivity contribution in [3.05, 3.63) is 71.1 Å². The standard InChI is InChI=1S/C21H21N3O5S2/c1-14(16-8-11-18(28-2)19(13-16)29-3)22-23-21(25)15-6-9-17(10-7-15)24-31(26,27)20-5-4-12-30-20/h4-13,24H,1-3H3,(H,23,25). The summed E-state index contributed by atoms with van der Waals surface area (Å²) >= 11 is 1.12. The lowest BCUT2D eigenvalue weighted by Gasteiger charge is -2.10. The number of nitrogens with one attached hydrogen (secondary N) is 2. The number of thiophene rings is 1. The van der Waals surface area contributed by atoms with Crippen LogP contribution in [0.4, 0.5) is 5.69 Å². The zero-order valence-electron chi connectivity index (χ0n) is 17.1. The molecular weight excluding hydrogens is 438 g/mol. The van der Waals surface area contributed by atoms with Crippen molar-refractivity contribution >= 4 is 38.7 Å². The number of sulfonamides is 1. The quantitative estimate of drug-likeness (QED) is 0.394. The molecule has 1 heterocycles. The smallest absolute Gasteiger partial charge is 0.271 e. The molecule has 0 saturated heterocycles. The van der Waals surface area contributed by atoms with E-state index in [9.17, 15) is 13.2 Å². The van der Waals surface area contributed by atoms with Gasteiger partial charge in [0.2, 0.25) is 0 Å². The highest BCUT2D eigenvalue weighted by Crippen LogP contribution is 2.27. The molecule has 3 aromatic rings. The van der Waals surface area contributed by atoms with Crippen LogP contribution in [0.15, 0.2) is 69.3 Å². The molecule has 1 amide bonds. The number of hydrogen-bond acceptors (Lipinski definition) is 7. The maximum absolute atomic E-state index is 12.4. The molecule has 0 radical (unpaired) electrons. The molecule has 0 fully saturated rings. The molecule has 0 saturated carbocycles. The average molecular weight is 460 g/mol. The number of carbonyl (C=O) groups excluding carboxylic acids is 1. The van der Waals surface area contributed by atoms with Crippen molar-refractivity contribution in [1.29, 1.82) is 0 Å². The molecule has 2 N–H and O–H groups in total. The molecular formula is C21H21N3O5S2. The van der Waals surface area contributed by atoms with Crippen LogP contribution in [0.25, 0.3) is 0 Å². The van der Waals surface area contributed by atoms with E-state index in [0.717, 1.165) is 16.9 Å². The van der Waals surface area contributed by atoms with Crippen molar-refractivity contribution in [2.45, 2.75) is 11.1 Å². The second-order valence-corrected chi connectivity index (χ2v) is 9.18. The van der Waals surface area contributed by atoms with Crippen LogP contribution in [0.2, 0.25) is 0 Å². The first-order valence-corrected chi connectivity index (χ1v) is 11.4. The number of anilines is 1. The molecule has 1 aromatic heterocycles. The molecule has 0 unspecified atom stereocenters. The topological polar surface area (TPSA) is 106 Å². The van der Waals surface area contributed by atoms with Crippen LogP contribution in [-0.4, -0.2) is 34.3 Å². The summed E-state index contributed by atoms with van der Waals surface area (Å²) in [6.45, 7) is 1.75. The van der Waals surface area contributed by atoms with Crippen molar-refractivity contribution in [1.82, 2.24) is 5.43 Å². The number of nitrogens with zero attached hydrogens (tertiary/aromatic N) is 1. The predicted octanol–water partition coefficient (Wildman–Crippen LogP) is 3.72. The Labute approximate surface area is 184 Å². The van der Waals surface area contributed by atoms with Gasteiger partial charge in [0.1, 0.15) is 4.21 Å². The summed E-state index contributed by atoms with van der Waals surface area (Å²) in [6.07, 6.45) is 0. The summed E-state index contributed by atoms with van der Waals surface area (Å²) in [7, 11) is -0.545. The Balaban J connectivity index is 1.67. The van der Waals surface area contributed by atoms with Crippen LogP contribution in [0, 0.1) is 0 Å². The Morgan fingerprint density at radius 2 is 1.65 bits per heavy atom. The van der Waals surface area contributed by atoms with Gasteiger partial charge in [0.25, 0.3) is 15.9 Å². The first kappa shape index (κ1) is 22.3. The molecule has 0 aliphatic carbocycles. The molecule has 0 atom stereocenters. The van der Waals surface area contributed by atoms with Gasteiger partial charge in [-0.1, -0.05) is 6.07 Å². The molecule has 8 nitrogen and oxygen atoms in total. The van der Waals surface area contributed by atoms with E-state index in [1.807, 2.05) is 0 Å². The van der Waals surface area contributed by atoms with Crippen molar-refractivity contribution in [3.63, 3.8) is 0 Å². The SMILES string of the molecule is COc1ccc(C(C)=NNC(=O)c2ccc(NS(=O)(=O)c3cccs3)cc2)cc1OC. The van der Waals surface area contributed by atoms with Crippen molar-refractivity contribution in [3.8, 4) is 11.5 Å². The molecule has 31 heavy (non-hydrogen) atoms. The Bertz CT molecular complexity index is 1190. The largest absolute Gasteiger partial charge is 0.493 e. The van der Waals surface area contributed by atoms with E-state index in [-0.39, 0.29) is 4.21 Å². The first-order chi connectivity index (χ1) is 14.8. The van der Waals surface area contributed by atoms with Gasteiger partial charge in [-0.15, -0.1) is 11.3 Å². The van der Waals surface area contributed by atoms with Crippen LogP contribution in [0.5, 0.6) is 11.5 Å². The van der Waals surface area contributed by atoms with E-state index in [2.05, 4.69) is 15.2 Å². The highest BCUT2D eigenvalue weighted by Gasteiger charge is 2.15. The van der Waals surface area contributed by atoms with Crippen LogP contribution < -0.4 is 19.6 Å². The van der Waals surface area contributed by atoms with E-state index in [0.29, 0.717) is 28.5 Å². The third-order valence-corrected chi connectivity index (χ3v) is 7.06. The number of hydrogen-bond donors (Lipinski definition) is 2. The van der Waals surface area contributed by atoms with Gasteiger partial charge in [-0.05, 0) is 60.8 Å². The van der Waals surface area contributed by atoms with E-state index >= 15 is 0 Å². The zero-order chi connectivity index (χ0) is 22.4. The maximum Gasteiger partial charge on any atom is 0.271 e. The lowest BCUT2D eigenvalue weighted by Crippen LogP contribution is -2.19. The molecule has 3 rings (SSSR count). The highest BCUT2D eigenvalue weighted by atomic mass is 32.2. The summed E-state index contributed by atoms with van der Waals surface area (Å²) in [5.74, 6) is 0.729. The second kappa shape index (κ2) is 9.63. The summed E-state index contributed by atoms with van der Waals surface area (Å²) in [5.41, 5.74) is 4.52. The monoisotopic (exact) mass is 459 g/mol. The van der Waals surface area contributed by atoms with Gasteiger partial charge in [-0.3, -0.25) is 9.52 Å². The predicted molar refractivity (Wildman–Crippen MR) is 121 cm³/mol. The first-order valence-electron chi connectivity index (χ1n) is 9.07. The van der Waals surface area contributed by atoms with Gasteiger partial charge in [0.15, 0.2) is 11.5 Å². The highest BCUT2D eigenvalue weighted by molar-refractivity contribution is 7.94. The molecule has 162 valence electrons. The third-order valence-electron chi connectivity index (χ3n) is 4.29. The van der Waals surface area contributed by atoms with Gasteiger partial charge >= 0.3 is 0 Å². The molecule has 0 aliphatic heterocycles. The third kappa shape index (κ3) is 5.41. The van der Waals surface area contributed by atoms with Crippen LogP contribution in [0.3, 0.4) is 0 Å². The van der Waals surface area contributed by atoms with Crippen molar-refractivity contribution in [2.75, 3.05) is 18.9 Å². The maximum atomic E-state index is 12.4. The van der Waals surface area contributed by atoms with Gasteiger partial charge in [-0.25, -0.2) is 13.8 Å². The van der Waals surface area contributed by atoms with Crippen molar-refractivity contribution in [2.24, 2.45) is 5.10 Å². The summed E-state index contributed by atoms with van der Waals surface area (Å²) < 4.78 is 37.7. The van der Waals surface area contributed by atoms with E-state index in [4.69, 9.17) is 9.47 Å². The van der Waals surface area contributed by atoms with Crippen molar-refractivity contribution < 1.29 is 22.7 Å². The Hall–Kier alpha value is -3.37.